The van der Waals surface area contributed by atoms with Gasteiger partial charge >= 0.3 is 6.09 Å². The van der Waals surface area contributed by atoms with Gasteiger partial charge in [-0.15, -0.1) is 11.8 Å². The number of carbonyl (C=O) groups is 1. The number of nitrogens with one attached hydrogen (secondary N) is 1. The van der Waals surface area contributed by atoms with Crippen molar-refractivity contribution in [1.29, 1.82) is 0 Å². The molecule has 3 fully saturated rings. The lowest BCUT2D eigenvalue weighted by Crippen LogP contribution is -2.64. The van der Waals surface area contributed by atoms with Gasteiger partial charge in [0.25, 0.3) is 0 Å². The minimum absolute atomic E-state index is 0.0740. The van der Waals surface area contributed by atoms with Crippen LogP contribution in [0.3, 0.4) is 0 Å². The Labute approximate surface area is 225 Å². The molecule has 4 nitrogen and oxygen atoms in total. The number of hydrogen-bond donors (Lipinski definition) is 1. The molecule has 38 heavy (non-hydrogen) atoms. The van der Waals surface area contributed by atoms with Gasteiger partial charge in [-0.1, -0.05) is 36.4 Å². The van der Waals surface area contributed by atoms with E-state index in [9.17, 15) is 13.6 Å². The van der Waals surface area contributed by atoms with Crippen molar-refractivity contribution in [2.45, 2.75) is 36.7 Å². The van der Waals surface area contributed by atoms with Gasteiger partial charge in [-0.25, -0.2) is 18.0 Å². The first-order valence-corrected chi connectivity index (χ1v) is 14.1. The van der Waals surface area contributed by atoms with E-state index < -0.39 is 11.9 Å². The zero-order valence-electron chi connectivity index (χ0n) is 21.2. The Hall–Kier alpha value is -2.97. The molecule has 0 radical (unpaired) electrons. The van der Waals surface area contributed by atoms with Crippen LogP contribution in [0.5, 0.6) is 0 Å². The highest BCUT2D eigenvalue weighted by Gasteiger charge is 2.47. The van der Waals surface area contributed by atoms with Crippen LogP contribution in [0.1, 0.15) is 30.4 Å². The standard InChI is InChI=1S/C30H31F3N2O2S/c31-24-11-9-21(10-12-24)19-23-5-3-7-26(29(23)33)34-30(36)37-27-20-35(16-13-22(27)14-17-35)15-4-18-38-28-8-2-1-6-25(28)32/h1-3,5-12,22,27H,4,13-20H2/p+1/t22?,27-,35?/m0/s1. The van der Waals surface area contributed by atoms with E-state index in [4.69, 9.17) is 4.74 Å². The van der Waals surface area contributed by atoms with Crippen LogP contribution in [0.25, 0.3) is 0 Å². The molecule has 3 saturated heterocycles. The fraction of sp³-hybridized carbons (Fsp3) is 0.367. The number of thioether (sulfide) groups is 1. The molecule has 200 valence electrons. The van der Waals surface area contributed by atoms with Crippen molar-refractivity contribution in [2.24, 2.45) is 5.92 Å². The van der Waals surface area contributed by atoms with E-state index >= 15 is 4.39 Å². The first-order chi connectivity index (χ1) is 18.4. The van der Waals surface area contributed by atoms with Crippen LogP contribution < -0.4 is 5.32 Å². The number of nitrogens with zero attached hydrogens (tertiary/aromatic N) is 1. The maximum absolute atomic E-state index is 15.1. The summed E-state index contributed by atoms with van der Waals surface area (Å²) >= 11 is 1.54. The van der Waals surface area contributed by atoms with Crippen LogP contribution in [0, 0.1) is 23.4 Å². The second-order valence-corrected chi connectivity index (χ2v) is 11.5. The number of ether oxygens (including phenoxy) is 1. The minimum Gasteiger partial charge on any atom is -0.440 e. The molecule has 3 aromatic rings. The molecule has 1 amide bonds. The van der Waals surface area contributed by atoms with E-state index in [-0.39, 0.29) is 29.8 Å². The van der Waals surface area contributed by atoms with Crippen molar-refractivity contribution in [2.75, 3.05) is 37.2 Å². The third-order valence-electron chi connectivity index (χ3n) is 7.79. The average molecular weight is 542 g/mol. The van der Waals surface area contributed by atoms with Gasteiger partial charge < -0.3 is 9.22 Å². The Balaban J connectivity index is 1.15. The lowest BCUT2D eigenvalue weighted by Gasteiger charge is -2.52. The Kier molecular flexibility index (Phi) is 8.29. The number of quaternary nitrogens is 1. The number of carbonyl (C=O) groups excluding carboxylic acids is 1. The second-order valence-electron chi connectivity index (χ2n) is 10.3. The lowest BCUT2D eigenvalue weighted by molar-refractivity contribution is -0.946. The number of piperidine rings is 3. The molecule has 3 heterocycles. The summed E-state index contributed by atoms with van der Waals surface area (Å²) < 4.78 is 49.0. The summed E-state index contributed by atoms with van der Waals surface area (Å²) in [5.41, 5.74) is 1.26. The zero-order chi connectivity index (χ0) is 26.5. The Morgan fingerprint density at radius 1 is 0.974 bits per heavy atom. The Bertz CT molecular complexity index is 1260. The minimum atomic E-state index is -0.644. The fourth-order valence-corrected chi connectivity index (χ4v) is 6.60. The fourth-order valence-electron chi connectivity index (χ4n) is 5.72. The molecule has 0 saturated carbocycles. The maximum Gasteiger partial charge on any atom is 0.412 e. The summed E-state index contributed by atoms with van der Waals surface area (Å²) in [6.45, 7) is 3.86. The van der Waals surface area contributed by atoms with Crippen molar-refractivity contribution < 1.29 is 27.2 Å². The van der Waals surface area contributed by atoms with E-state index in [1.807, 2.05) is 12.1 Å². The number of amides is 1. The number of fused-ring (bicyclic) bond motifs is 3. The lowest BCUT2D eigenvalue weighted by atomic mass is 9.83. The quantitative estimate of drug-likeness (QED) is 0.180. The van der Waals surface area contributed by atoms with E-state index in [2.05, 4.69) is 5.32 Å². The molecule has 8 heteroatoms. The number of anilines is 1. The molecule has 3 aromatic carbocycles. The molecular formula is C30H32F3N2O2S+. The first-order valence-electron chi connectivity index (χ1n) is 13.1. The van der Waals surface area contributed by atoms with Gasteiger partial charge in [-0.2, -0.15) is 0 Å². The molecule has 0 spiro atoms. The molecular weight excluding hydrogens is 509 g/mol. The Morgan fingerprint density at radius 2 is 1.74 bits per heavy atom. The summed E-state index contributed by atoms with van der Waals surface area (Å²) in [4.78, 5) is 13.5. The third kappa shape index (κ3) is 6.35. The molecule has 0 aliphatic carbocycles. The van der Waals surface area contributed by atoms with Gasteiger partial charge in [-0.05, 0) is 41.5 Å². The van der Waals surface area contributed by atoms with Gasteiger partial charge in [0.2, 0.25) is 0 Å². The number of halogens is 3. The van der Waals surface area contributed by atoms with Crippen molar-refractivity contribution in [3.05, 3.63) is 95.3 Å². The average Bonchev–Trinajstić information content (AvgIpc) is 2.92. The molecule has 0 aromatic heterocycles. The van der Waals surface area contributed by atoms with Crippen molar-refractivity contribution in [3.63, 3.8) is 0 Å². The number of benzene rings is 3. The molecule has 3 aliphatic heterocycles. The summed E-state index contributed by atoms with van der Waals surface area (Å²) in [5, 5.41) is 2.60. The highest BCUT2D eigenvalue weighted by Crippen LogP contribution is 2.36. The van der Waals surface area contributed by atoms with Crippen molar-refractivity contribution >= 4 is 23.5 Å². The predicted octanol–water partition coefficient (Wildman–Crippen LogP) is 7.03. The highest BCUT2D eigenvalue weighted by molar-refractivity contribution is 7.99. The van der Waals surface area contributed by atoms with Gasteiger partial charge in [0, 0.05) is 42.2 Å². The van der Waals surface area contributed by atoms with E-state index in [0.29, 0.717) is 16.4 Å². The highest BCUT2D eigenvalue weighted by atomic mass is 32.2. The predicted molar refractivity (Wildman–Crippen MR) is 144 cm³/mol. The molecule has 2 bridgehead atoms. The SMILES string of the molecule is O=C(Nc1cccc(Cc2ccc(F)cc2)c1F)O[C@H]1C[N+]2(CCCSc3ccccc3F)CCC1CC2. The van der Waals surface area contributed by atoms with Gasteiger partial charge in [0.15, 0.2) is 6.10 Å². The third-order valence-corrected chi connectivity index (χ3v) is 8.93. The van der Waals surface area contributed by atoms with E-state index in [0.717, 1.165) is 61.2 Å². The van der Waals surface area contributed by atoms with Gasteiger partial charge in [0.05, 0.1) is 25.3 Å². The van der Waals surface area contributed by atoms with E-state index in [1.165, 1.54) is 24.3 Å². The normalized spacial score (nSPS) is 22.3. The van der Waals surface area contributed by atoms with Crippen LogP contribution in [-0.4, -0.2) is 48.6 Å². The van der Waals surface area contributed by atoms with Gasteiger partial charge in [-0.3, -0.25) is 5.32 Å². The topological polar surface area (TPSA) is 38.3 Å². The summed E-state index contributed by atoms with van der Waals surface area (Å²) in [5.74, 6) is 0.122. The van der Waals surface area contributed by atoms with Crippen LogP contribution >= 0.6 is 11.8 Å². The summed E-state index contributed by atoms with van der Waals surface area (Å²) in [7, 11) is 0. The Morgan fingerprint density at radius 3 is 2.50 bits per heavy atom. The largest absolute Gasteiger partial charge is 0.440 e. The monoisotopic (exact) mass is 541 g/mol. The van der Waals surface area contributed by atoms with Gasteiger partial charge in [0.1, 0.15) is 24.0 Å². The van der Waals surface area contributed by atoms with E-state index in [1.54, 1.807) is 42.1 Å². The summed E-state index contributed by atoms with van der Waals surface area (Å²) in [6.07, 6.45) is 2.39. The van der Waals surface area contributed by atoms with Crippen LogP contribution in [-0.2, 0) is 11.2 Å². The smallest absolute Gasteiger partial charge is 0.412 e. The molecule has 6 rings (SSSR count). The summed E-state index contributed by atoms with van der Waals surface area (Å²) in [6, 6.07) is 17.6. The van der Waals surface area contributed by atoms with Crippen LogP contribution in [0.15, 0.2) is 71.6 Å². The molecule has 1 N–H and O–H groups in total. The zero-order valence-corrected chi connectivity index (χ0v) is 22.0. The molecule has 1 atom stereocenters. The number of rotatable bonds is 9. The van der Waals surface area contributed by atoms with Crippen molar-refractivity contribution in [3.8, 4) is 0 Å². The number of hydrogen-bond acceptors (Lipinski definition) is 3. The first kappa shape index (κ1) is 26.6. The van der Waals surface area contributed by atoms with Crippen LogP contribution in [0.2, 0.25) is 0 Å². The maximum atomic E-state index is 15.1. The van der Waals surface area contributed by atoms with Crippen molar-refractivity contribution in [1.82, 2.24) is 0 Å². The van der Waals surface area contributed by atoms with Crippen LogP contribution in [0.4, 0.5) is 23.7 Å². The molecule has 0 unspecified atom stereocenters. The molecule has 3 aliphatic rings. The second kappa shape index (κ2) is 11.8.